The molecule has 2 aromatic heterocycles. The summed E-state index contributed by atoms with van der Waals surface area (Å²) in [6.07, 6.45) is 3.59. The van der Waals surface area contributed by atoms with Crippen molar-refractivity contribution in [3.05, 3.63) is 71.2 Å². The first-order chi connectivity index (χ1) is 13.0. The van der Waals surface area contributed by atoms with Crippen LogP contribution in [0.25, 0.3) is 5.65 Å². The number of benzene rings is 1. The molecule has 27 heavy (non-hydrogen) atoms. The number of amides is 1. The van der Waals surface area contributed by atoms with Gasteiger partial charge in [-0.05, 0) is 55.5 Å². The lowest BCUT2D eigenvalue weighted by Crippen LogP contribution is -2.29. The van der Waals surface area contributed by atoms with Crippen molar-refractivity contribution in [1.82, 2.24) is 14.3 Å². The number of carboxylic acid groups (broad SMARTS) is 1. The minimum Gasteiger partial charge on any atom is -0.478 e. The highest BCUT2D eigenvalue weighted by atomic mass is 16.4. The lowest BCUT2D eigenvalue weighted by molar-refractivity contribution is 0.0696. The lowest BCUT2D eigenvalue weighted by Gasteiger charge is -2.15. The molecule has 1 atom stereocenters. The zero-order valence-corrected chi connectivity index (χ0v) is 15.1. The molecule has 0 aliphatic carbocycles. The van der Waals surface area contributed by atoms with E-state index in [9.17, 15) is 9.59 Å². The molecule has 4 rings (SSSR count). The molecule has 1 amide bonds. The van der Waals surface area contributed by atoms with Crippen molar-refractivity contribution in [2.45, 2.75) is 19.8 Å². The van der Waals surface area contributed by atoms with Crippen molar-refractivity contribution >= 4 is 17.5 Å². The Labute approximate surface area is 157 Å². The number of aromatic nitrogens is 2. The zero-order valence-electron chi connectivity index (χ0n) is 15.1. The molecule has 1 saturated heterocycles. The van der Waals surface area contributed by atoms with E-state index in [1.807, 2.05) is 52.8 Å². The molecule has 138 valence electrons. The summed E-state index contributed by atoms with van der Waals surface area (Å²) in [6, 6.07) is 12.8. The summed E-state index contributed by atoms with van der Waals surface area (Å²) in [5, 5.41) is 8.98. The van der Waals surface area contributed by atoms with Gasteiger partial charge >= 0.3 is 5.97 Å². The molecule has 6 nitrogen and oxygen atoms in total. The third-order valence-electron chi connectivity index (χ3n) is 5.21. The zero-order chi connectivity index (χ0) is 19.0. The Morgan fingerprint density at radius 3 is 2.67 bits per heavy atom. The Morgan fingerprint density at radius 1 is 1.19 bits per heavy atom. The van der Waals surface area contributed by atoms with Crippen LogP contribution in [-0.4, -0.2) is 44.4 Å². The molecule has 1 N–H and O–H groups in total. The van der Waals surface area contributed by atoms with Gasteiger partial charge in [0.1, 0.15) is 11.3 Å². The third kappa shape index (κ3) is 3.43. The minimum atomic E-state index is -0.915. The van der Waals surface area contributed by atoms with E-state index >= 15 is 0 Å². The predicted molar refractivity (Wildman–Crippen MR) is 101 cm³/mol. The number of pyridine rings is 1. The molecule has 3 heterocycles. The molecule has 0 bridgehead atoms. The van der Waals surface area contributed by atoms with Gasteiger partial charge in [-0.3, -0.25) is 4.79 Å². The molecule has 0 unspecified atom stereocenters. The van der Waals surface area contributed by atoms with Crippen LogP contribution < -0.4 is 0 Å². The molecular weight excluding hydrogens is 342 g/mol. The Hall–Kier alpha value is -3.15. The Morgan fingerprint density at radius 2 is 1.96 bits per heavy atom. The van der Waals surface area contributed by atoms with E-state index in [1.165, 1.54) is 0 Å². The van der Waals surface area contributed by atoms with Crippen LogP contribution in [0.4, 0.5) is 0 Å². The van der Waals surface area contributed by atoms with E-state index in [0.29, 0.717) is 23.7 Å². The smallest absolute Gasteiger partial charge is 0.335 e. The number of hydrogen-bond acceptors (Lipinski definition) is 3. The van der Waals surface area contributed by atoms with Gasteiger partial charge in [0.25, 0.3) is 5.91 Å². The maximum absolute atomic E-state index is 12.8. The van der Waals surface area contributed by atoms with E-state index in [1.54, 1.807) is 12.1 Å². The van der Waals surface area contributed by atoms with Crippen LogP contribution in [0.3, 0.4) is 0 Å². The summed E-state index contributed by atoms with van der Waals surface area (Å²) in [4.78, 5) is 30.1. The number of aromatic carboxylic acids is 1. The summed E-state index contributed by atoms with van der Waals surface area (Å²) >= 11 is 0. The molecule has 0 spiro atoms. The van der Waals surface area contributed by atoms with E-state index in [0.717, 1.165) is 36.3 Å². The SMILES string of the molecule is Cc1cccc2nc(C(=O)N3CC[C@@H](Cc4ccc(C(=O)O)cc4)C3)cn12. The third-order valence-corrected chi connectivity index (χ3v) is 5.21. The highest BCUT2D eigenvalue weighted by Gasteiger charge is 2.28. The number of carboxylic acids is 1. The van der Waals surface area contributed by atoms with Crippen LogP contribution in [-0.2, 0) is 6.42 Å². The first-order valence-electron chi connectivity index (χ1n) is 9.07. The summed E-state index contributed by atoms with van der Waals surface area (Å²) in [6.45, 7) is 3.42. The number of carbonyl (C=O) groups is 2. The van der Waals surface area contributed by atoms with Gasteiger partial charge in [0.05, 0.1) is 5.56 Å². The van der Waals surface area contributed by atoms with E-state index in [2.05, 4.69) is 4.98 Å². The van der Waals surface area contributed by atoms with E-state index < -0.39 is 5.97 Å². The maximum Gasteiger partial charge on any atom is 0.335 e. The molecule has 1 aliphatic rings. The quantitative estimate of drug-likeness (QED) is 0.773. The van der Waals surface area contributed by atoms with Crippen molar-refractivity contribution < 1.29 is 14.7 Å². The van der Waals surface area contributed by atoms with Crippen molar-refractivity contribution in [2.75, 3.05) is 13.1 Å². The molecular formula is C21H21N3O3. The summed E-state index contributed by atoms with van der Waals surface area (Å²) in [5.41, 5.74) is 3.71. The Bertz CT molecular complexity index is 1010. The number of likely N-dealkylation sites (tertiary alicyclic amines) is 1. The lowest BCUT2D eigenvalue weighted by atomic mass is 9.98. The summed E-state index contributed by atoms with van der Waals surface area (Å²) < 4.78 is 1.94. The predicted octanol–water partition coefficient (Wildman–Crippen LogP) is 3.05. The van der Waals surface area contributed by atoms with Gasteiger partial charge in [-0.15, -0.1) is 0 Å². The van der Waals surface area contributed by atoms with Gasteiger partial charge in [0.2, 0.25) is 0 Å². The number of fused-ring (bicyclic) bond motifs is 1. The van der Waals surface area contributed by atoms with Crippen LogP contribution in [0.15, 0.2) is 48.7 Å². The second-order valence-corrected chi connectivity index (χ2v) is 7.13. The van der Waals surface area contributed by atoms with Gasteiger partial charge in [-0.2, -0.15) is 0 Å². The number of carbonyl (C=O) groups excluding carboxylic acids is 1. The fourth-order valence-corrected chi connectivity index (χ4v) is 3.71. The van der Waals surface area contributed by atoms with Gasteiger partial charge in [-0.1, -0.05) is 18.2 Å². The maximum atomic E-state index is 12.8. The summed E-state index contributed by atoms with van der Waals surface area (Å²) in [5.74, 6) is -0.563. The summed E-state index contributed by atoms with van der Waals surface area (Å²) in [7, 11) is 0. The van der Waals surface area contributed by atoms with Crippen molar-refractivity contribution in [3.63, 3.8) is 0 Å². The second-order valence-electron chi connectivity index (χ2n) is 7.13. The first kappa shape index (κ1) is 17.3. The number of hydrogen-bond donors (Lipinski definition) is 1. The van der Waals surface area contributed by atoms with Gasteiger partial charge in [-0.25, -0.2) is 9.78 Å². The van der Waals surface area contributed by atoms with Crippen LogP contribution in [0, 0.1) is 12.8 Å². The fraction of sp³-hybridized carbons (Fsp3) is 0.286. The molecule has 1 fully saturated rings. The topological polar surface area (TPSA) is 74.9 Å². The first-order valence-corrected chi connectivity index (χ1v) is 9.07. The van der Waals surface area contributed by atoms with Crippen molar-refractivity contribution in [2.24, 2.45) is 5.92 Å². The Kier molecular flexibility index (Phi) is 4.39. The van der Waals surface area contributed by atoms with Crippen LogP contribution in [0.1, 0.15) is 38.5 Å². The van der Waals surface area contributed by atoms with E-state index in [-0.39, 0.29) is 5.91 Å². The number of aryl methyl sites for hydroxylation is 1. The monoisotopic (exact) mass is 363 g/mol. The van der Waals surface area contributed by atoms with Gasteiger partial charge < -0.3 is 14.4 Å². The standard InChI is InChI=1S/C21H21N3O3/c1-14-3-2-4-19-22-18(13-24(14)19)20(25)23-10-9-16(12-23)11-15-5-7-17(8-6-15)21(26)27/h2-8,13,16H,9-12H2,1H3,(H,26,27)/t16-/m0/s1. The molecule has 3 aromatic rings. The van der Waals surface area contributed by atoms with Gasteiger partial charge in [0.15, 0.2) is 0 Å². The largest absolute Gasteiger partial charge is 0.478 e. The average molecular weight is 363 g/mol. The van der Waals surface area contributed by atoms with E-state index in [4.69, 9.17) is 5.11 Å². The molecule has 0 saturated carbocycles. The number of rotatable bonds is 4. The minimum absolute atomic E-state index is 0.0261. The van der Waals surface area contributed by atoms with Crippen LogP contribution in [0.2, 0.25) is 0 Å². The van der Waals surface area contributed by atoms with Gasteiger partial charge in [0, 0.05) is 25.0 Å². The van der Waals surface area contributed by atoms with Crippen LogP contribution in [0.5, 0.6) is 0 Å². The second kappa shape index (κ2) is 6.87. The van der Waals surface area contributed by atoms with Crippen LogP contribution >= 0.6 is 0 Å². The highest BCUT2D eigenvalue weighted by Crippen LogP contribution is 2.23. The molecule has 6 heteroatoms. The average Bonchev–Trinajstić information content (AvgIpc) is 3.29. The number of imidazole rings is 1. The normalized spacial score (nSPS) is 16.8. The molecule has 0 radical (unpaired) electrons. The molecule has 1 aromatic carbocycles. The highest BCUT2D eigenvalue weighted by molar-refractivity contribution is 5.93. The van der Waals surface area contributed by atoms with Crippen molar-refractivity contribution in [3.8, 4) is 0 Å². The Balaban J connectivity index is 1.43. The van der Waals surface area contributed by atoms with Crippen molar-refractivity contribution in [1.29, 1.82) is 0 Å². The number of nitrogens with zero attached hydrogens (tertiary/aromatic N) is 3. The molecule has 1 aliphatic heterocycles. The fourth-order valence-electron chi connectivity index (χ4n) is 3.71.